The Kier molecular flexibility index (Phi) is 7.00. The van der Waals surface area contributed by atoms with Gasteiger partial charge in [-0.05, 0) is 48.9 Å². The van der Waals surface area contributed by atoms with Gasteiger partial charge in [-0.1, -0.05) is 19.1 Å². The second-order valence-corrected chi connectivity index (χ2v) is 6.72. The summed E-state index contributed by atoms with van der Waals surface area (Å²) < 4.78 is 10.1. The molecule has 8 nitrogen and oxygen atoms in total. The summed E-state index contributed by atoms with van der Waals surface area (Å²) in [5.41, 5.74) is 0.630. The lowest BCUT2D eigenvalue weighted by atomic mass is 10.2. The fraction of sp³-hybridized carbons (Fsp3) is 0.333. The van der Waals surface area contributed by atoms with Crippen molar-refractivity contribution in [3.05, 3.63) is 34.7 Å². The van der Waals surface area contributed by atoms with Crippen molar-refractivity contribution in [2.45, 2.75) is 26.4 Å². The molecule has 0 radical (unpaired) electrons. The molecule has 0 aromatic heterocycles. The number of ether oxygens (including phenoxy) is 2. The third-order valence-corrected chi connectivity index (χ3v) is 4.52. The van der Waals surface area contributed by atoms with Crippen molar-refractivity contribution in [3.8, 4) is 5.75 Å². The van der Waals surface area contributed by atoms with Gasteiger partial charge < -0.3 is 14.6 Å². The maximum atomic E-state index is 12.4. The van der Waals surface area contributed by atoms with E-state index in [0.29, 0.717) is 17.7 Å². The number of aliphatic carboxylic acids is 1. The van der Waals surface area contributed by atoms with Gasteiger partial charge in [0.15, 0.2) is 6.61 Å². The van der Waals surface area contributed by atoms with Gasteiger partial charge in [0.2, 0.25) is 0 Å². The van der Waals surface area contributed by atoms with Crippen LogP contribution in [0.3, 0.4) is 0 Å². The van der Waals surface area contributed by atoms with Gasteiger partial charge >= 0.3 is 11.9 Å². The van der Waals surface area contributed by atoms with Crippen LogP contribution in [-0.2, 0) is 19.1 Å². The molecule has 1 fully saturated rings. The SMILES string of the molecule is CCC(C)OC(=O)CN1C(=O)S/C(=C/c2ccc(OCC(=O)O)cc2)C1=O. The monoisotopic (exact) mass is 393 g/mol. The van der Waals surface area contributed by atoms with Crippen molar-refractivity contribution in [1.82, 2.24) is 4.90 Å². The highest BCUT2D eigenvalue weighted by atomic mass is 32.2. The first kappa shape index (κ1) is 20.5. The number of imide groups is 1. The number of amides is 2. The molecule has 1 heterocycles. The summed E-state index contributed by atoms with van der Waals surface area (Å²) in [6, 6.07) is 6.37. The van der Waals surface area contributed by atoms with Gasteiger partial charge in [0.1, 0.15) is 12.3 Å². The topological polar surface area (TPSA) is 110 Å². The second kappa shape index (κ2) is 9.22. The van der Waals surface area contributed by atoms with Crippen LogP contribution >= 0.6 is 11.8 Å². The number of benzene rings is 1. The van der Waals surface area contributed by atoms with Crippen molar-refractivity contribution in [3.63, 3.8) is 0 Å². The van der Waals surface area contributed by atoms with E-state index in [1.807, 2.05) is 6.92 Å². The maximum Gasteiger partial charge on any atom is 0.341 e. The van der Waals surface area contributed by atoms with Crippen molar-refractivity contribution in [2.75, 3.05) is 13.2 Å². The number of rotatable bonds is 8. The Morgan fingerprint density at radius 3 is 2.52 bits per heavy atom. The van der Waals surface area contributed by atoms with E-state index in [1.165, 1.54) is 6.08 Å². The maximum absolute atomic E-state index is 12.4. The molecule has 1 aromatic carbocycles. The molecule has 2 amide bonds. The minimum Gasteiger partial charge on any atom is -0.482 e. The predicted octanol–water partition coefficient (Wildman–Crippen LogP) is 2.53. The van der Waals surface area contributed by atoms with Crippen LogP contribution in [0.25, 0.3) is 6.08 Å². The summed E-state index contributed by atoms with van der Waals surface area (Å²) in [6.07, 6.45) is 1.88. The average Bonchev–Trinajstić information content (AvgIpc) is 2.88. The zero-order valence-electron chi connectivity index (χ0n) is 14.8. The van der Waals surface area contributed by atoms with Crippen LogP contribution in [-0.4, -0.2) is 52.3 Å². The second-order valence-electron chi connectivity index (χ2n) is 5.73. The van der Waals surface area contributed by atoms with Gasteiger partial charge in [-0.3, -0.25) is 19.3 Å². The Balaban J connectivity index is 2.02. The Morgan fingerprint density at radius 1 is 1.26 bits per heavy atom. The first-order valence-electron chi connectivity index (χ1n) is 8.19. The Labute approximate surface area is 160 Å². The molecule has 144 valence electrons. The number of hydrogen-bond donors (Lipinski definition) is 1. The van der Waals surface area contributed by atoms with Crippen molar-refractivity contribution in [2.24, 2.45) is 0 Å². The fourth-order valence-corrected chi connectivity index (χ4v) is 2.91. The molecule has 27 heavy (non-hydrogen) atoms. The van der Waals surface area contributed by atoms with E-state index in [4.69, 9.17) is 14.6 Å². The molecule has 1 aliphatic rings. The van der Waals surface area contributed by atoms with Gasteiger partial charge in [-0.2, -0.15) is 0 Å². The molecule has 1 aliphatic heterocycles. The fourth-order valence-electron chi connectivity index (χ4n) is 2.07. The minimum atomic E-state index is -1.08. The lowest BCUT2D eigenvalue weighted by Gasteiger charge is -2.14. The van der Waals surface area contributed by atoms with E-state index in [0.717, 1.165) is 16.7 Å². The predicted molar refractivity (Wildman–Crippen MR) is 98.1 cm³/mol. The van der Waals surface area contributed by atoms with Crippen molar-refractivity contribution >= 4 is 40.9 Å². The summed E-state index contributed by atoms with van der Waals surface area (Å²) >= 11 is 0.743. The first-order chi connectivity index (χ1) is 12.8. The van der Waals surface area contributed by atoms with Gasteiger partial charge in [0.25, 0.3) is 11.1 Å². The molecule has 1 unspecified atom stereocenters. The lowest BCUT2D eigenvalue weighted by Crippen LogP contribution is -2.35. The summed E-state index contributed by atoms with van der Waals surface area (Å²) in [5.74, 6) is -1.90. The zero-order valence-corrected chi connectivity index (χ0v) is 15.7. The molecule has 1 N–H and O–H groups in total. The molecule has 0 bridgehead atoms. The van der Waals surface area contributed by atoms with Gasteiger partial charge in [-0.15, -0.1) is 0 Å². The summed E-state index contributed by atoms with van der Waals surface area (Å²) in [7, 11) is 0. The number of carboxylic acid groups (broad SMARTS) is 1. The molecule has 1 aromatic rings. The highest BCUT2D eigenvalue weighted by molar-refractivity contribution is 8.18. The molecule has 9 heteroatoms. The summed E-state index contributed by atoms with van der Waals surface area (Å²) in [4.78, 5) is 47.7. The third kappa shape index (κ3) is 5.85. The number of esters is 1. The van der Waals surface area contributed by atoms with E-state index < -0.39 is 36.2 Å². The Morgan fingerprint density at radius 2 is 1.93 bits per heavy atom. The largest absolute Gasteiger partial charge is 0.482 e. The molecule has 0 spiro atoms. The van der Waals surface area contributed by atoms with Crippen LogP contribution in [0.4, 0.5) is 4.79 Å². The quantitative estimate of drug-likeness (QED) is 0.530. The number of carboxylic acids is 1. The zero-order chi connectivity index (χ0) is 20.0. The van der Waals surface area contributed by atoms with Crippen molar-refractivity contribution < 1.29 is 33.8 Å². The molecule has 0 saturated carbocycles. The average molecular weight is 393 g/mol. The van der Waals surface area contributed by atoms with E-state index in [-0.39, 0.29) is 11.0 Å². The highest BCUT2D eigenvalue weighted by Gasteiger charge is 2.36. The number of nitrogens with zero attached hydrogens (tertiary/aromatic N) is 1. The minimum absolute atomic E-state index is 0.190. The molecule has 0 aliphatic carbocycles. The third-order valence-electron chi connectivity index (χ3n) is 3.61. The molecular formula is C18H19NO7S. The Bertz CT molecular complexity index is 772. The van der Waals surface area contributed by atoms with Crippen molar-refractivity contribution in [1.29, 1.82) is 0 Å². The summed E-state index contributed by atoms with van der Waals surface area (Å²) in [6.45, 7) is 2.72. The standard InChI is InChI=1S/C18H19NO7S/c1-3-11(2)26-16(22)9-19-17(23)14(27-18(19)24)8-12-4-6-13(7-5-12)25-10-15(20)21/h4-8,11H,3,9-10H2,1-2H3,(H,20,21)/b14-8+. The van der Waals surface area contributed by atoms with E-state index in [2.05, 4.69) is 0 Å². The number of hydrogen-bond acceptors (Lipinski definition) is 7. The number of carbonyl (C=O) groups excluding carboxylic acids is 3. The van der Waals surface area contributed by atoms with E-state index in [1.54, 1.807) is 31.2 Å². The van der Waals surface area contributed by atoms with Gasteiger partial charge in [0.05, 0.1) is 11.0 Å². The lowest BCUT2D eigenvalue weighted by molar-refractivity contribution is -0.150. The normalized spacial score (nSPS) is 16.5. The highest BCUT2D eigenvalue weighted by Crippen LogP contribution is 2.32. The molecule has 1 atom stereocenters. The number of carbonyl (C=O) groups is 4. The van der Waals surface area contributed by atoms with Crippen LogP contribution in [0.5, 0.6) is 5.75 Å². The summed E-state index contributed by atoms with van der Waals surface area (Å²) in [5, 5.41) is 8.04. The Hall–Kier alpha value is -2.81. The van der Waals surface area contributed by atoms with Crippen LogP contribution in [0.1, 0.15) is 25.8 Å². The van der Waals surface area contributed by atoms with Crippen LogP contribution in [0, 0.1) is 0 Å². The van der Waals surface area contributed by atoms with Gasteiger partial charge in [0, 0.05) is 0 Å². The first-order valence-corrected chi connectivity index (χ1v) is 9.01. The van der Waals surface area contributed by atoms with E-state index >= 15 is 0 Å². The van der Waals surface area contributed by atoms with E-state index in [9.17, 15) is 19.2 Å². The molecule has 2 rings (SSSR count). The smallest absolute Gasteiger partial charge is 0.341 e. The molecule has 1 saturated heterocycles. The van der Waals surface area contributed by atoms with Crippen LogP contribution < -0.4 is 4.74 Å². The van der Waals surface area contributed by atoms with Crippen LogP contribution in [0.15, 0.2) is 29.2 Å². The van der Waals surface area contributed by atoms with Gasteiger partial charge in [-0.25, -0.2) is 4.79 Å². The molecular weight excluding hydrogens is 374 g/mol. The number of thioether (sulfide) groups is 1. The van der Waals surface area contributed by atoms with Crippen LogP contribution in [0.2, 0.25) is 0 Å².